The standard InChI is InChI=1S/C16H24N4O2S/c1-3-14(2)10-6-5-9-13-23(21,22)16-17-18-19-20(16)15-11-7-4-8-12-15/h4,7-8,11-12,14H,3,5-6,9-10,13H2,1-2H3/t14-/m1/s1. The number of rotatable bonds is 9. The minimum absolute atomic E-state index is 0.0781. The van der Waals surface area contributed by atoms with Crippen molar-refractivity contribution in [1.82, 2.24) is 20.2 Å². The molecule has 0 saturated heterocycles. The van der Waals surface area contributed by atoms with Crippen LogP contribution in [-0.2, 0) is 9.84 Å². The molecule has 1 atom stereocenters. The Morgan fingerprint density at radius 2 is 1.87 bits per heavy atom. The zero-order valence-electron chi connectivity index (χ0n) is 13.7. The van der Waals surface area contributed by atoms with Gasteiger partial charge < -0.3 is 0 Å². The van der Waals surface area contributed by atoms with Crippen molar-refractivity contribution >= 4 is 9.84 Å². The molecule has 2 rings (SSSR count). The van der Waals surface area contributed by atoms with Gasteiger partial charge in [0.05, 0.1) is 11.4 Å². The van der Waals surface area contributed by atoms with E-state index in [9.17, 15) is 8.42 Å². The molecule has 1 aromatic carbocycles. The van der Waals surface area contributed by atoms with E-state index >= 15 is 0 Å². The molecule has 0 amide bonds. The van der Waals surface area contributed by atoms with Crippen LogP contribution in [0.2, 0.25) is 0 Å². The molecule has 0 spiro atoms. The van der Waals surface area contributed by atoms with Crippen molar-refractivity contribution in [3.63, 3.8) is 0 Å². The Morgan fingerprint density at radius 3 is 2.57 bits per heavy atom. The summed E-state index contributed by atoms with van der Waals surface area (Å²) in [5.41, 5.74) is 0.646. The van der Waals surface area contributed by atoms with Crippen LogP contribution in [0.3, 0.4) is 0 Å². The number of sulfone groups is 1. The van der Waals surface area contributed by atoms with Crippen LogP contribution in [0.5, 0.6) is 0 Å². The Hall–Kier alpha value is -1.76. The van der Waals surface area contributed by atoms with Crippen LogP contribution in [0.4, 0.5) is 0 Å². The first-order chi connectivity index (χ1) is 11.0. The zero-order valence-corrected chi connectivity index (χ0v) is 14.5. The molecule has 0 aliphatic heterocycles. The van der Waals surface area contributed by atoms with E-state index in [0.717, 1.165) is 19.3 Å². The van der Waals surface area contributed by atoms with Gasteiger partial charge >= 0.3 is 0 Å². The lowest BCUT2D eigenvalue weighted by Crippen LogP contribution is -2.14. The number of hydrogen-bond donors (Lipinski definition) is 0. The van der Waals surface area contributed by atoms with Crippen molar-refractivity contribution in [2.24, 2.45) is 5.92 Å². The fourth-order valence-corrected chi connectivity index (χ4v) is 3.69. The van der Waals surface area contributed by atoms with Crippen molar-refractivity contribution < 1.29 is 8.42 Å². The second-order valence-electron chi connectivity index (χ2n) is 5.89. The average Bonchev–Trinajstić information content (AvgIpc) is 3.05. The molecule has 7 heteroatoms. The van der Waals surface area contributed by atoms with Crippen LogP contribution in [0.1, 0.15) is 46.0 Å². The highest BCUT2D eigenvalue weighted by atomic mass is 32.2. The summed E-state index contributed by atoms with van der Waals surface area (Å²) in [6.07, 6.45) is 4.94. The van der Waals surface area contributed by atoms with Gasteiger partial charge in [-0.1, -0.05) is 62.8 Å². The van der Waals surface area contributed by atoms with Gasteiger partial charge in [-0.15, -0.1) is 0 Å². The van der Waals surface area contributed by atoms with Crippen molar-refractivity contribution in [3.05, 3.63) is 30.3 Å². The lowest BCUT2D eigenvalue weighted by atomic mass is 10.0. The third kappa shape index (κ3) is 4.86. The van der Waals surface area contributed by atoms with Gasteiger partial charge in [0.15, 0.2) is 0 Å². The van der Waals surface area contributed by atoms with E-state index in [1.807, 2.05) is 18.2 Å². The summed E-state index contributed by atoms with van der Waals surface area (Å²) in [6.45, 7) is 4.41. The molecule has 0 aliphatic rings. The normalized spacial score (nSPS) is 13.1. The van der Waals surface area contributed by atoms with E-state index in [0.29, 0.717) is 18.0 Å². The Kier molecular flexibility index (Phi) is 6.27. The van der Waals surface area contributed by atoms with Crippen LogP contribution in [0, 0.1) is 5.92 Å². The SMILES string of the molecule is CC[C@@H](C)CCCCCS(=O)(=O)c1nnnn1-c1ccccc1. The minimum Gasteiger partial charge on any atom is -0.220 e. The fourth-order valence-electron chi connectivity index (χ4n) is 2.36. The Bertz CT molecular complexity index is 698. The molecule has 126 valence electrons. The molecule has 6 nitrogen and oxygen atoms in total. The molecule has 0 radical (unpaired) electrons. The maximum Gasteiger partial charge on any atom is 0.272 e. The highest BCUT2D eigenvalue weighted by molar-refractivity contribution is 7.91. The van der Waals surface area contributed by atoms with Gasteiger partial charge in [-0.3, -0.25) is 0 Å². The summed E-state index contributed by atoms with van der Waals surface area (Å²) in [6, 6.07) is 9.06. The number of unbranched alkanes of at least 4 members (excludes halogenated alkanes) is 2. The third-order valence-electron chi connectivity index (χ3n) is 4.03. The molecular weight excluding hydrogens is 312 g/mol. The van der Waals surface area contributed by atoms with Gasteiger partial charge in [-0.2, -0.15) is 4.68 Å². The van der Waals surface area contributed by atoms with E-state index in [4.69, 9.17) is 0 Å². The van der Waals surface area contributed by atoms with Crippen molar-refractivity contribution in [2.45, 2.75) is 51.1 Å². The van der Waals surface area contributed by atoms with Gasteiger partial charge in [-0.05, 0) is 34.9 Å². The molecule has 0 bridgehead atoms. The Labute approximate surface area is 137 Å². The quantitative estimate of drug-likeness (QED) is 0.658. The van der Waals surface area contributed by atoms with E-state index in [1.54, 1.807) is 12.1 Å². The maximum absolute atomic E-state index is 12.5. The molecular formula is C16H24N4O2S. The molecule has 23 heavy (non-hydrogen) atoms. The minimum atomic E-state index is -3.48. The summed E-state index contributed by atoms with van der Waals surface area (Å²) in [5, 5.41) is 11.0. The number of aromatic nitrogens is 4. The number of benzene rings is 1. The first-order valence-corrected chi connectivity index (χ1v) is 9.76. The van der Waals surface area contributed by atoms with Gasteiger partial charge in [0, 0.05) is 0 Å². The Morgan fingerprint density at radius 1 is 1.13 bits per heavy atom. The summed E-state index contributed by atoms with van der Waals surface area (Å²) in [7, 11) is -3.48. The summed E-state index contributed by atoms with van der Waals surface area (Å²) in [4.78, 5) is 0. The van der Waals surface area contributed by atoms with Crippen LogP contribution in [-0.4, -0.2) is 34.4 Å². The van der Waals surface area contributed by atoms with Crippen LogP contribution < -0.4 is 0 Å². The van der Waals surface area contributed by atoms with Gasteiger partial charge in [0.1, 0.15) is 0 Å². The van der Waals surface area contributed by atoms with Gasteiger partial charge in [0.25, 0.3) is 5.16 Å². The van der Waals surface area contributed by atoms with E-state index in [2.05, 4.69) is 29.4 Å². The lowest BCUT2D eigenvalue weighted by molar-refractivity contribution is 0.481. The first kappa shape index (κ1) is 17.6. The molecule has 0 unspecified atom stereocenters. The zero-order chi connectivity index (χ0) is 16.7. The van der Waals surface area contributed by atoms with Crippen molar-refractivity contribution in [1.29, 1.82) is 0 Å². The second kappa shape index (κ2) is 8.19. The number of para-hydroxylation sites is 1. The van der Waals surface area contributed by atoms with Crippen molar-refractivity contribution in [2.75, 3.05) is 5.75 Å². The number of hydrogen-bond acceptors (Lipinski definition) is 5. The summed E-state index contributed by atoms with van der Waals surface area (Å²) in [5.74, 6) is 0.790. The molecule has 0 saturated carbocycles. The summed E-state index contributed by atoms with van der Waals surface area (Å²) >= 11 is 0. The highest BCUT2D eigenvalue weighted by Crippen LogP contribution is 2.16. The molecule has 2 aromatic rings. The largest absolute Gasteiger partial charge is 0.272 e. The fraction of sp³-hybridized carbons (Fsp3) is 0.562. The molecule has 0 fully saturated rings. The van der Waals surface area contributed by atoms with E-state index < -0.39 is 9.84 Å². The van der Waals surface area contributed by atoms with Gasteiger partial charge in [-0.25, -0.2) is 8.42 Å². The monoisotopic (exact) mass is 336 g/mol. The molecule has 1 heterocycles. The maximum atomic E-state index is 12.5. The van der Waals surface area contributed by atoms with E-state index in [-0.39, 0.29) is 10.9 Å². The van der Waals surface area contributed by atoms with Gasteiger partial charge in [0.2, 0.25) is 9.84 Å². The molecule has 0 N–H and O–H groups in total. The predicted molar refractivity (Wildman–Crippen MR) is 89.1 cm³/mol. The third-order valence-corrected chi connectivity index (χ3v) is 5.66. The van der Waals surface area contributed by atoms with Crippen molar-refractivity contribution in [3.8, 4) is 5.69 Å². The summed E-state index contributed by atoms with van der Waals surface area (Å²) < 4.78 is 26.2. The average molecular weight is 336 g/mol. The van der Waals surface area contributed by atoms with Crippen LogP contribution in [0.25, 0.3) is 5.69 Å². The number of nitrogens with zero attached hydrogens (tertiary/aromatic N) is 4. The van der Waals surface area contributed by atoms with Crippen LogP contribution >= 0.6 is 0 Å². The predicted octanol–water partition coefficient (Wildman–Crippen LogP) is 3.04. The van der Waals surface area contributed by atoms with Crippen LogP contribution in [0.15, 0.2) is 35.5 Å². The van der Waals surface area contributed by atoms with E-state index in [1.165, 1.54) is 11.1 Å². The molecule has 0 aliphatic carbocycles. The Balaban J connectivity index is 1.97. The number of tetrazole rings is 1. The lowest BCUT2D eigenvalue weighted by Gasteiger charge is -2.08. The topological polar surface area (TPSA) is 77.7 Å². The smallest absolute Gasteiger partial charge is 0.220 e. The second-order valence-corrected chi connectivity index (χ2v) is 7.89. The molecule has 1 aromatic heterocycles. The first-order valence-electron chi connectivity index (χ1n) is 8.11. The highest BCUT2D eigenvalue weighted by Gasteiger charge is 2.23.